The summed E-state index contributed by atoms with van der Waals surface area (Å²) in [6.07, 6.45) is -1.39. The smallest absolute Gasteiger partial charge is 0.433 e. The first kappa shape index (κ1) is 20.8. The highest BCUT2D eigenvalue weighted by atomic mass is 35.5. The number of aliphatic imine (C=N–C) groups is 1. The molecule has 0 aliphatic carbocycles. The lowest BCUT2D eigenvalue weighted by atomic mass is 10.2. The SMILES string of the molecule is CN(C)/C(=N\c1cc([S+]([O-])CC(F)(F)F)c(Cl)cc1Cl)c1cccnc1. The normalized spacial score (nSPS) is 13.6. The van der Waals surface area contributed by atoms with Crippen LogP contribution in [0.15, 0.2) is 46.5 Å². The van der Waals surface area contributed by atoms with E-state index in [0.29, 0.717) is 11.4 Å². The summed E-state index contributed by atoms with van der Waals surface area (Å²) < 4.78 is 49.6. The van der Waals surface area contributed by atoms with E-state index in [4.69, 9.17) is 23.2 Å². The van der Waals surface area contributed by atoms with Crippen molar-refractivity contribution >= 4 is 45.9 Å². The third-order valence-electron chi connectivity index (χ3n) is 3.11. The zero-order chi connectivity index (χ0) is 19.5. The highest BCUT2D eigenvalue weighted by Crippen LogP contribution is 2.36. The molecule has 10 heteroatoms. The summed E-state index contributed by atoms with van der Waals surface area (Å²) >= 11 is 9.69. The van der Waals surface area contributed by atoms with Gasteiger partial charge < -0.3 is 9.45 Å². The van der Waals surface area contributed by atoms with Gasteiger partial charge in [-0.05, 0) is 29.4 Å². The van der Waals surface area contributed by atoms with Gasteiger partial charge in [-0.25, -0.2) is 4.99 Å². The lowest BCUT2D eigenvalue weighted by molar-refractivity contribution is -0.106. The van der Waals surface area contributed by atoms with Gasteiger partial charge in [0.05, 0.1) is 15.7 Å². The van der Waals surface area contributed by atoms with E-state index < -0.39 is 23.1 Å². The van der Waals surface area contributed by atoms with Crippen molar-refractivity contribution in [3.63, 3.8) is 0 Å². The van der Waals surface area contributed by atoms with Crippen LogP contribution in [-0.4, -0.2) is 46.3 Å². The fraction of sp³-hybridized carbons (Fsp3) is 0.250. The molecule has 0 amide bonds. The number of aromatic nitrogens is 1. The number of alkyl halides is 3. The Labute approximate surface area is 161 Å². The molecule has 0 radical (unpaired) electrons. The van der Waals surface area contributed by atoms with Crippen LogP contribution in [0.3, 0.4) is 0 Å². The molecular formula is C16H14Cl2F3N3OS. The molecule has 26 heavy (non-hydrogen) atoms. The van der Waals surface area contributed by atoms with Crippen LogP contribution in [0.1, 0.15) is 5.56 Å². The van der Waals surface area contributed by atoms with Crippen LogP contribution in [0.2, 0.25) is 10.0 Å². The second-order valence-corrected chi connectivity index (χ2v) is 7.64. The van der Waals surface area contributed by atoms with Crippen molar-refractivity contribution in [3.8, 4) is 0 Å². The molecule has 1 atom stereocenters. The maximum absolute atomic E-state index is 12.5. The number of nitrogens with zero attached hydrogens (tertiary/aromatic N) is 3. The fourth-order valence-electron chi connectivity index (χ4n) is 2.04. The number of benzene rings is 1. The molecule has 0 fully saturated rings. The lowest BCUT2D eigenvalue weighted by Crippen LogP contribution is -2.23. The maximum Gasteiger partial charge on any atom is 0.433 e. The second-order valence-electron chi connectivity index (χ2n) is 5.41. The van der Waals surface area contributed by atoms with Crippen molar-refractivity contribution < 1.29 is 17.7 Å². The minimum Gasteiger partial charge on any atom is -0.611 e. The predicted molar refractivity (Wildman–Crippen MR) is 97.9 cm³/mol. The van der Waals surface area contributed by atoms with E-state index in [9.17, 15) is 17.7 Å². The van der Waals surface area contributed by atoms with Crippen molar-refractivity contribution in [2.24, 2.45) is 4.99 Å². The minimum absolute atomic E-state index is 0.107. The topological polar surface area (TPSA) is 51.5 Å². The van der Waals surface area contributed by atoms with E-state index in [-0.39, 0.29) is 20.6 Å². The molecule has 0 saturated carbocycles. The summed E-state index contributed by atoms with van der Waals surface area (Å²) in [6.45, 7) is 0. The lowest BCUT2D eigenvalue weighted by Gasteiger charge is -2.17. The van der Waals surface area contributed by atoms with Crippen LogP contribution in [0.25, 0.3) is 0 Å². The highest BCUT2D eigenvalue weighted by Gasteiger charge is 2.36. The fourth-order valence-corrected chi connectivity index (χ4v) is 3.69. The Morgan fingerprint density at radius 3 is 2.50 bits per heavy atom. The third kappa shape index (κ3) is 5.51. The zero-order valence-corrected chi connectivity index (χ0v) is 16.0. The van der Waals surface area contributed by atoms with Crippen molar-refractivity contribution in [1.29, 1.82) is 0 Å². The molecule has 140 valence electrons. The largest absolute Gasteiger partial charge is 0.611 e. The van der Waals surface area contributed by atoms with Gasteiger partial charge in [0.2, 0.25) is 5.75 Å². The summed E-state index contributed by atoms with van der Waals surface area (Å²) in [5.74, 6) is -1.02. The Morgan fingerprint density at radius 1 is 1.27 bits per heavy atom. The van der Waals surface area contributed by atoms with Crippen LogP contribution in [-0.2, 0) is 11.2 Å². The van der Waals surface area contributed by atoms with Crippen molar-refractivity contribution in [3.05, 3.63) is 52.3 Å². The predicted octanol–water partition coefficient (Wildman–Crippen LogP) is 4.70. The second kappa shape index (κ2) is 8.47. The quantitative estimate of drug-likeness (QED) is 0.406. The van der Waals surface area contributed by atoms with Gasteiger partial charge in [-0.15, -0.1) is 0 Å². The van der Waals surface area contributed by atoms with E-state index in [1.54, 1.807) is 43.5 Å². The first-order valence-corrected chi connectivity index (χ1v) is 9.26. The Morgan fingerprint density at radius 2 is 1.96 bits per heavy atom. The van der Waals surface area contributed by atoms with E-state index in [1.165, 1.54) is 12.1 Å². The maximum atomic E-state index is 12.5. The number of pyridine rings is 1. The van der Waals surface area contributed by atoms with Crippen LogP contribution in [0, 0.1) is 0 Å². The van der Waals surface area contributed by atoms with Crippen LogP contribution < -0.4 is 0 Å². The van der Waals surface area contributed by atoms with Gasteiger partial charge in [0.25, 0.3) is 0 Å². The Kier molecular flexibility index (Phi) is 6.79. The number of hydrogen-bond donors (Lipinski definition) is 0. The molecule has 0 aliphatic rings. The van der Waals surface area contributed by atoms with Gasteiger partial charge in [-0.3, -0.25) is 4.98 Å². The number of amidine groups is 1. The number of hydrogen-bond acceptors (Lipinski definition) is 3. The molecule has 0 spiro atoms. The first-order valence-electron chi connectivity index (χ1n) is 7.19. The van der Waals surface area contributed by atoms with Crippen LogP contribution in [0.5, 0.6) is 0 Å². The molecule has 1 aromatic carbocycles. The Hall–Kier alpha value is -1.48. The molecular weight excluding hydrogens is 410 g/mol. The highest BCUT2D eigenvalue weighted by molar-refractivity contribution is 7.91. The van der Waals surface area contributed by atoms with E-state index in [0.717, 1.165) is 0 Å². The minimum atomic E-state index is -4.58. The third-order valence-corrected chi connectivity index (χ3v) is 5.26. The molecule has 0 aliphatic heterocycles. The number of halogens is 5. The average molecular weight is 424 g/mol. The van der Waals surface area contributed by atoms with Crippen molar-refractivity contribution in [2.75, 3.05) is 19.8 Å². The van der Waals surface area contributed by atoms with E-state index in [1.807, 2.05) is 0 Å². The summed E-state index contributed by atoms with van der Waals surface area (Å²) in [5.41, 5.74) is 0.843. The van der Waals surface area contributed by atoms with Gasteiger partial charge in [0, 0.05) is 38.1 Å². The first-order chi connectivity index (χ1) is 12.1. The molecule has 1 aromatic heterocycles. The van der Waals surface area contributed by atoms with Gasteiger partial charge in [-0.1, -0.05) is 23.2 Å². The molecule has 0 saturated heterocycles. The molecule has 2 aromatic rings. The summed E-state index contributed by atoms with van der Waals surface area (Å²) in [7, 11) is 3.50. The molecule has 2 rings (SSSR count). The monoisotopic (exact) mass is 423 g/mol. The Balaban J connectivity index is 2.50. The molecule has 1 unspecified atom stereocenters. The van der Waals surface area contributed by atoms with Gasteiger partial charge in [0.1, 0.15) is 5.84 Å². The summed E-state index contributed by atoms with van der Waals surface area (Å²) in [6, 6.07) is 5.95. The van der Waals surface area contributed by atoms with Gasteiger partial charge in [-0.2, -0.15) is 13.2 Å². The molecule has 1 heterocycles. The molecule has 4 nitrogen and oxygen atoms in total. The van der Waals surface area contributed by atoms with Crippen molar-refractivity contribution in [1.82, 2.24) is 9.88 Å². The molecule has 0 bridgehead atoms. The van der Waals surface area contributed by atoms with Crippen LogP contribution in [0.4, 0.5) is 18.9 Å². The van der Waals surface area contributed by atoms with E-state index >= 15 is 0 Å². The standard InChI is InChI=1S/C16H14Cl2F3N3OS/c1-24(2)15(10-4-3-5-22-8-10)23-13-7-14(12(18)6-11(13)17)26(25)9-16(19,20)21/h3-8H,9H2,1-2H3/b23-15-. The molecule has 0 N–H and O–H groups in total. The summed E-state index contributed by atoms with van der Waals surface area (Å²) in [5, 5.41) is 0.0234. The average Bonchev–Trinajstić information content (AvgIpc) is 2.52. The summed E-state index contributed by atoms with van der Waals surface area (Å²) in [4.78, 5) is 9.95. The Bertz CT molecular complexity index is 801. The van der Waals surface area contributed by atoms with Crippen molar-refractivity contribution in [2.45, 2.75) is 11.1 Å². The van der Waals surface area contributed by atoms with E-state index in [2.05, 4.69) is 9.98 Å². The van der Waals surface area contributed by atoms with Crippen LogP contribution >= 0.6 is 23.2 Å². The number of rotatable bonds is 4. The zero-order valence-electron chi connectivity index (χ0n) is 13.7. The van der Waals surface area contributed by atoms with Gasteiger partial charge in [0.15, 0.2) is 4.90 Å². The van der Waals surface area contributed by atoms with Gasteiger partial charge >= 0.3 is 6.18 Å².